The van der Waals surface area contributed by atoms with Crippen LogP contribution in [0.4, 0.5) is 0 Å². The van der Waals surface area contributed by atoms with Gasteiger partial charge in [0.1, 0.15) is 5.82 Å². The maximum absolute atomic E-state index is 13.1. The molecule has 0 unspecified atom stereocenters. The molecule has 1 aromatic carbocycles. The van der Waals surface area contributed by atoms with Crippen LogP contribution in [0.15, 0.2) is 18.2 Å². The van der Waals surface area contributed by atoms with Crippen LogP contribution < -0.4 is 0 Å². The number of aliphatic hydroxyl groups excluding tert-OH is 1. The van der Waals surface area contributed by atoms with Crippen LogP contribution in [-0.4, -0.2) is 68.5 Å². The zero-order chi connectivity index (χ0) is 20.1. The van der Waals surface area contributed by atoms with Crippen molar-refractivity contribution in [2.75, 3.05) is 19.7 Å². The van der Waals surface area contributed by atoms with E-state index in [2.05, 4.69) is 9.97 Å². The molecule has 2 amide bonds. The van der Waals surface area contributed by atoms with Crippen LogP contribution in [0.5, 0.6) is 0 Å². The number of amides is 2. The summed E-state index contributed by atoms with van der Waals surface area (Å²) in [5.41, 5.74) is 2.86. The molecule has 0 saturated carbocycles. The monoisotopic (exact) mass is 396 g/mol. The van der Waals surface area contributed by atoms with E-state index in [0.717, 1.165) is 41.7 Å². The lowest BCUT2D eigenvalue weighted by atomic mass is 9.72. The molecule has 0 spiro atoms. The first-order valence-electron chi connectivity index (χ1n) is 10.7. The highest BCUT2D eigenvalue weighted by atomic mass is 16.3. The Hall–Kier alpha value is -2.41. The van der Waals surface area contributed by atoms with Crippen molar-refractivity contribution < 1.29 is 14.7 Å². The van der Waals surface area contributed by atoms with E-state index in [4.69, 9.17) is 0 Å². The second-order valence-corrected chi connectivity index (χ2v) is 8.92. The first-order chi connectivity index (χ1) is 14.0. The Kier molecular flexibility index (Phi) is 4.57. The second kappa shape index (κ2) is 7.13. The standard InChI is InChI=1S/C22H28N4O3/c1-13-23-17-6-5-14(7-18(17)24-13)8-22(29)25-10-15-9-16(11-25)20(12-27)26-19(15)3-2-4-21(26)28/h5-7,15-16,19-20,27H,2-4,8-12H2,1H3,(H,23,24)/t15-,16+,19+,20+/m1/s1. The van der Waals surface area contributed by atoms with Gasteiger partial charge in [-0.05, 0) is 55.7 Å². The molecule has 7 heteroatoms. The average Bonchev–Trinajstić information content (AvgIpc) is 3.08. The number of hydrogen-bond acceptors (Lipinski definition) is 4. The lowest BCUT2D eigenvalue weighted by Crippen LogP contribution is -2.66. The minimum absolute atomic E-state index is 0.0164. The number of piperidine rings is 3. The Balaban J connectivity index is 1.34. The number of H-pyrrole nitrogens is 1. The third kappa shape index (κ3) is 3.21. The lowest BCUT2D eigenvalue weighted by Gasteiger charge is -2.56. The van der Waals surface area contributed by atoms with E-state index >= 15 is 0 Å². The summed E-state index contributed by atoms with van der Waals surface area (Å²) in [5, 5.41) is 10.0. The van der Waals surface area contributed by atoms with Gasteiger partial charge in [0.25, 0.3) is 0 Å². The number of aromatic nitrogens is 2. The number of carbonyl (C=O) groups is 2. The molecule has 1 aromatic heterocycles. The summed E-state index contributed by atoms with van der Waals surface area (Å²) >= 11 is 0. The summed E-state index contributed by atoms with van der Waals surface area (Å²) < 4.78 is 0. The van der Waals surface area contributed by atoms with Gasteiger partial charge in [-0.15, -0.1) is 0 Å². The number of aliphatic hydroxyl groups is 1. The van der Waals surface area contributed by atoms with Crippen molar-refractivity contribution in [3.63, 3.8) is 0 Å². The first-order valence-corrected chi connectivity index (χ1v) is 10.7. The summed E-state index contributed by atoms with van der Waals surface area (Å²) in [6.45, 7) is 3.25. The van der Waals surface area contributed by atoms with Crippen molar-refractivity contribution >= 4 is 22.8 Å². The number of rotatable bonds is 3. The van der Waals surface area contributed by atoms with Gasteiger partial charge in [0.2, 0.25) is 11.8 Å². The Morgan fingerprint density at radius 2 is 2.14 bits per heavy atom. The number of nitrogens with one attached hydrogen (secondary N) is 1. The lowest BCUT2D eigenvalue weighted by molar-refractivity contribution is -0.158. The number of carbonyl (C=O) groups excluding carboxylic acids is 2. The van der Waals surface area contributed by atoms with Gasteiger partial charge in [0, 0.05) is 25.6 Å². The molecule has 29 heavy (non-hydrogen) atoms. The van der Waals surface area contributed by atoms with Gasteiger partial charge in [-0.1, -0.05) is 6.07 Å². The Labute approximate surface area is 170 Å². The molecule has 2 aromatic rings. The molecule has 2 bridgehead atoms. The summed E-state index contributed by atoms with van der Waals surface area (Å²) in [7, 11) is 0. The SMILES string of the molecule is Cc1nc2ccc(CC(=O)N3C[C@H]4C[C@@H](C3)[C@H](CO)N3C(=O)CCC[C@@H]43)cc2[nH]1. The van der Waals surface area contributed by atoms with E-state index in [1.165, 1.54) is 0 Å². The number of aromatic amines is 1. The molecule has 4 atom stereocenters. The van der Waals surface area contributed by atoms with Crippen LogP contribution in [0.25, 0.3) is 11.0 Å². The minimum atomic E-state index is -0.149. The van der Waals surface area contributed by atoms with E-state index in [-0.39, 0.29) is 36.4 Å². The molecule has 3 aliphatic heterocycles. The molecule has 5 rings (SSSR count). The van der Waals surface area contributed by atoms with E-state index in [9.17, 15) is 14.7 Å². The van der Waals surface area contributed by atoms with Crippen LogP contribution >= 0.6 is 0 Å². The normalized spacial score (nSPS) is 29.2. The minimum Gasteiger partial charge on any atom is -0.394 e. The van der Waals surface area contributed by atoms with E-state index in [1.807, 2.05) is 34.9 Å². The third-order valence-electron chi connectivity index (χ3n) is 7.06. The first kappa shape index (κ1) is 18.6. The molecular formula is C22H28N4O3. The maximum Gasteiger partial charge on any atom is 0.227 e. The summed E-state index contributed by atoms with van der Waals surface area (Å²) in [4.78, 5) is 37.2. The van der Waals surface area contributed by atoms with Crippen LogP contribution in [-0.2, 0) is 16.0 Å². The molecule has 2 N–H and O–H groups in total. The molecule has 7 nitrogen and oxygen atoms in total. The number of aryl methyl sites for hydroxylation is 1. The highest BCUT2D eigenvalue weighted by Gasteiger charge is 2.49. The maximum atomic E-state index is 13.1. The van der Waals surface area contributed by atoms with Crippen molar-refractivity contribution in [1.82, 2.24) is 19.8 Å². The van der Waals surface area contributed by atoms with Crippen LogP contribution in [0.2, 0.25) is 0 Å². The Morgan fingerprint density at radius 1 is 1.31 bits per heavy atom. The van der Waals surface area contributed by atoms with Crippen molar-refractivity contribution in [2.45, 2.75) is 51.1 Å². The number of nitrogens with zero attached hydrogens (tertiary/aromatic N) is 3. The summed E-state index contributed by atoms with van der Waals surface area (Å²) in [6, 6.07) is 5.97. The number of imidazole rings is 1. The Bertz CT molecular complexity index is 941. The van der Waals surface area contributed by atoms with Gasteiger partial charge in [0.05, 0.1) is 30.1 Å². The quantitative estimate of drug-likeness (QED) is 0.825. The van der Waals surface area contributed by atoms with Crippen molar-refractivity contribution in [3.8, 4) is 0 Å². The van der Waals surface area contributed by atoms with Gasteiger partial charge in [-0.25, -0.2) is 4.98 Å². The number of benzene rings is 1. The fourth-order valence-corrected chi connectivity index (χ4v) is 5.79. The number of hydrogen-bond donors (Lipinski definition) is 2. The molecule has 0 radical (unpaired) electrons. The topological polar surface area (TPSA) is 89.5 Å². The van der Waals surface area contributed by atoms with E-state index in [1.54, 1.807) is 0 Å². The van der Waals surface area contributed by atoms with Gasteiger partial charge in [-0.3, -0.25) is 9.59 Å². The average molecular weight is 396 g/mol. The molecule has 4 heterocycles. The third-order valence-corrected chi connectivity index (χ3v) is 7.06. The fourth-order valence-electron chi connectivity index (χ4n) is 5.79. The van der Waals surface area contributed by atoms with Gasteiger partial charge < -0.3 is 19.9 Å². The molecular weight excluding hydrogens is 368 g/mol. The zero-order valence-electron chi connectivity index (χ0n) is 16.8. The molecule has 3 aliphatic rings. The van der Waals surface area contributed by atoms with Gasteiger partial charge in [-0.2, -0.15) is 0 Å². The zero-order valence-corrected chi connectivity index (χ0v) is 16.8. The summed E-state index contributed by atoms with van der Waals surface area (Å²) in [5.74, 6) is 1.66. The molecule has 3 fully saturated rings. The Morgan fingerprint density at radius 3 is 2.97 bits per heavy atom. The highest BCUT2D eigenvalue weighted by molar-refractivity contribution is 5.82. The van der Waals surface area contributed by atoms with Crippen LogP contribution in [0, 0.1) is 18.8 Å². The largest absolute Gasteiger partial charge is 0.394 e. The second-order valence-electron chi connectivity index (χ2n) is 8.92. The van der Waals surface area contributed by atoms with E-state index in [0.29, 0.717) is 31.8 Å². The van der Waals surface area contributed by atoms with Gasteiger partial charge >= 0.3 is 0 Å². The van der Waals surface area contributed by atoms with Crippen LogP contribution in [0.3, 0.4) is 0 Å². The smallest absolute Gasteiger partial charge is 0.227 e. The highest BCUT2D eigenvalue weighted by Crippen LogP contribution is 2.41. The molecule has 0 aliphatic carbocycles. The van der Waals surface area contributed by atoms with Crippen molar-refractivity contribution in [1.29, 1.82) is 0 Å². The summed E-state index contributed by atoms with van der Waals surface area (Å²) in [6.07, 6.45) is 3.85. The number of likely N-dealkylation sites (tertiary alicyclic amines) is 1. The molecule has 3 saturated heterocycles. The fraction of sp³-hybridized carbons (Fsp3) is 0.591. The number of fused-ring (bicyclic) bond motifs is 5. The van der Waals surface area contributed by atoms with Crippen molar-refractivity contribution in [3.05, 3.63) is 29.6 Å². The van der Waals surface area contributed by atoms with Crippen LogP contribution in [0.1, 0.15) is 37.1 Å². The molecule has 154 valence electrons. The van der Waals surface area contributed by atoms with E-state index < -0.39 is 0 Å². The predicted molar refractivity (Wildman–Crippen MR) is 108 cm³/mol. The van der Waals surface area contributed by atoms with Gasteiger partial charge in [0.15, 0.2) is 0 Å². The van der Waals surface area contributed by atoms with Crippen molar-refractivity contribution in [2.24, 2.45) is 11.8 Å². The predicted octanol–water partition coefficient (Wildman–Crippen LogP) is 1.63.